The third-order valence-electron chi connectivity index (χ3n) is 0.556. The van der Waals surface area contributed by atoms with Gasteiger partial charge in [-0.15, -0.1) is 0 Å². The zero-order valence-electron chi connectivity index (χ0n) is 3.29. The van der Waals surface area contributed by atoms with E-state index in [9.17, 15) is 0 Å². The standard InChI is InChI=1S/C5H5.Sm/c1-2-4-5-3-1;/h1-5H;. The summed E-state index contributed by atoms with van der Waals surface area (Å²) in [5.41, 5.74) is 0. The molecule has 0 heterocycles. The minimum atomic E-state index is 0. The van der Waals surface area contributed by atoms with Gasteiger partial charge in [0.05, 0.1) is 0 Å². The van der Waals surface area contributed by atoms with E-state index in [4.69, 9.17) is 0 Å². The predicted octanol–water partition coefficient (Wildman–Crippen LogP) is 1.32. The van der Waals surface area contributed by atoms with Crippen LogP contribution in [-0.4, -0.2) is 0 Å². The molecule has 0 N–H and O–H groups in total. The summed E-state index contributed by atoms with van der Waals surface area (Å²) < 4.78 is 0. The largest absolute Gasteiger partial charge is 0.0767 e. The number of allylic oxidation sites excluding steroid dienone is 4. The molecule has 1 aliphatic rings. The van der Waals surface area contributed by atoms with Crippen LogP contribution >= 0.6 is 0 Å². The normalized spacial score (nSPS) is 14.7. The summed E-state index contributed by atoms with van der Waals surface area (Å²) in [6.45, 7) is 0. The maximum absolute atomic E-state index is 2.00. The summed E-state index contributed by atoms with van der Waals surface area (Å²) in [5.74, 6) is 0. The molecular weight excluding hydrogens is 210 g/mol. The molecule has 0 saturated carbocycles. The Morgan fingerprint density at radius 1 is 0.667 bits per heavy atom. The second kappa shape index (κ2) is 3.99. The van der Waals surface area contributed by atoms with E-state index in [1.807, 2.05) is 30.7 Å². The molecule has 0 bridgehead atoms. The van der Waals surface area contributed by atoms with Crippen LogP contribution in [0.5, 0.6) is 0 Å². The molecule has 31 valence electrons. The topological polar surface area (TPSA) is 0 Å². The Bertz CT molecular complexity index is 62.0. The van der Waals surface area contributed by atoms with Gasteiger partial charge in [-0.1, -0.05) is 24.3 Å². The van der Waals surface area contributed by atoms with E-state index >= 15 is 0 Å². The minimum Gasteiger partial charge on any atom is -0.0767 e. The van der Waals surface area contributed by atoms with E-state index in [0.29, 0.717) is 0 Å². The van der Waals surface area contributed by atoms with Gasteiger partial charge in [-0.3, -0.25) is 0 Å². The van der Waals surface area contributed by atoms with Gasteiger partial charge < -0.3 is 0 Å². The molecule has 0 nitrogen and oxygen atoms in total. The fourth-order valence-electron chi connectivity index (χ4n) is 0.321. The molecule has 0 aliphatic heterocycles. The molecule has 0 amide bonds. The van der Waals surface area contributed by atoms with Gasteiger partial charge >= 0.3 is 0 Å². The first-order chi connectivity index (χ1) is 2.50. The quantitative estimate of drug-likeness (QED) is 0.572. The summed E-state index contributed by atoms with van der Waals surface area (Å²) in [6.07, 6.45) is 10.0. The molecule has 0 aromatic heterocycles. The molecule has 1 radical (unpaired) electrons. The van der Waals surface area contributed by atoms with Crippen LogP contribution in [0.15, 0.2) is 24.3 Å². The van der Waals surface area contributed by atoms with Crippen LogP contribution in [-0.2, 0) is 0 Å². The average molecular weight is 215 g/mol. The van der Waals surface area contributed by atoms with Crippen molar-refractivity contribution >= 4 is 0 Å². The van der Waals surface area contributed by atoms with Crippen molar-refractivity contribution in [2.24, 2.45) is 0 Å². The smallest absolute Gasteiger partial charge is 0.00506 e. The number of rotatable bonds is 0. The van der Waals surface area contributed by atoms with Crippen molar-refractivity contribution in [1.29, 1.82) is 0 Å². The van der Waals surface area contributed by atoms with Crippen LogP contribution in [0.3, 0.4) is 0 Å². The molecule has 6 heavy (non-hydrogen) atoms. The van der Waals surface area contributed by atoms with Crippen LogP contribution in [0, 0.1) is 46.8 Å². The molecular formula is C5H5Sm. The fraction of sp³-hybridized carbons (Fsp3) is 0. The molecule has 0 fully saturated rings. The number of hydrogen-bond acceptors (Lipinski definition) is 0. The monoisotopic (exact) mass is 217 g/mol. The zero-order chi connectivity index (χ0) is 3.54. The van der Waals surface area contributed by atoms with Gasteiger partial charge in [0.15, 0.2) is 0 Å². The maximum Gasteiger partial charge on any atom is 0.00506 e. The van der Waals surface area contributed by atoms with Crippen molar-refractivity contribution < 1.29 is 40.4 Å². The summed E-state index contributed by atoms with van der Waals surface area (Å²) in [6, 6.07) is 0. The molecule has 1 rings (SSSR count). The van der Waals surface area contributed by atoms with E-state index in [1.165, 1.54) is 0 Å². The molecule has 1 heteroatoms. The molecule has 0 aromatic carbocycles. The first-order valence-corrected chi connectivity index (χ1v) is 1.67. The Morgan fingerprint density at radius 2 is 1.17 bits per heavy atom. The van der Waals surface area contributed by atoms with Crippen LogP contribution in [0.25, 0.3) is 0 Å². The van der Waals surface area contributed by atoms with E-state index in [1.54, 1.807) is 0 Å². The van der Waals surface area contributed by atoms with Crippen molar-refractivity contribution in [3.05, 3.63) is 30.7 Å². The van der Waals surface area contributed by atoms with E-state index < -0.39 is 0 Å². The third-order valence-corrected chi connectivity index (χ3v) is 0.556. The van der Waals surface area contributed by atoms with E-state index in [0.717, 1.165) is 0 Å². The van der Waals surface area contributed by atoms with Crippen LogP contribution < -0.4 is 0 Å². The first kappa shape index (κ1) is 6.82. The minimum absolute atomic E-state index is 0. The van der Waals surface area contributed by atoms with Gasteiger partial charge in [0, 0.05) is 46.8 Å². The van der Waals surface area contributed by atoms with E-state index in [-0.39, 0.29) is 40.4 Å². The summed E-state index contributed by atoms with van der Waals surface area (Å²) in [5, 5.41) is 0. The predicted molar refractivity (Wildman–Crippen MR) is 22.6 cm³/mol. The van der Waals surface area contributed by atoms with Gasteiger partial charge in [0.1, 0.15) is 0 Å². The zero-order valence-corrected chi connectivity index (χ0v) is 5.91. The van der Waals surface area contributed by atoms with Gasteiger partial charge in [-0.05, 0) is 0 Å². The molecule has 0 saturated heterocycles. The second-order valence-corrected chi connectivity index (χ2v) is 0.962. The van der Waals surface area contributed by atoms with E-state index in [2.05, 4.69) is 0 Å². The molecule has 0 atom stereocenters. The fourth-order valence-corrected chi connectivity index (χ4v) is 0.321. The van der Waals surface area contributed by atoms with Crippen molar-refractivity contribution in [3.63, 3.8) is 0 Å². The number of hydrogen-bond donors (Lipinski definition) is 0. The third kappa shape index (κ3) is 2.07. The SMILES string of the molecule is [CH]1C=CC=C1.[Sm]. The average Bonchev–Trinajstić information content (AvgIpc) is 1.76. The Morgan fingerprint density at radius 3 is 1.33 bits per heavy atom. The van der Waals surface area contributed by atoms with Gasteiger partial charge in [-0.25, -0.2) is 0 Å². The van der Waals surface area contributed by atoms with Crippen LogP contribution in [0.4, 0.5) is 0 Å². The molecule has 1 aliphatic carbocycles. The van der Waals surface area contributed by atoms with Crippen LogP contribution in [0.1, 0.15) is 0 Å². The Labute approximate surface area is 70.4 Å². The molecule has 0 spiro atoms. The summed E-state index contributed by atoms with van der Waals surface area (Å²) >= 11 is 0. The van der Waals surface area contributed by atoms with Gasteiger partial charge in [0.25, 0.3) is 0 Å². The first-order valence-electron chi connectivity index (χ1n) is 1.67. The maximum atomic E-state index is 2.00. The molecule has 0 unspecified atom stereocenters. The van der Waals surface area contributed by atoms with Gasteiger partial charge in [0.2, 0.25) is 0 Å². The van der Waals surface area contributed by atoms with Crippen molar-refractivity contribution in [2.75, 3.05) is 0 Å². The Kier molecular flexibility index (Phi) is 4.53. The Hall–Kier alpha value is 0.818. The van der Waals surface area contributed by atoms with Crippen LogP contribution in [0.2, 0.25) is 0 Å². The van der Waals surface area contributed by atoms with Crippen molar-refractivity contribution in [1.82, 2.24) is 0 Å². The second-order valence-electron chi connectivity index (χ2n) is 0.962. The Balaban J connectivity index is 0.000000250. The van der Waals surface area contributed by atoms with Crippen molar-refractivity contribution in [2.45, 2.75) is 0 Å². The summed E-state index contributed by atoms with van der Waals surface area (Å²) in [7, 11) is 0. The van der Waals surface area contributed by atoms with Gasteiger partial charge in [-0.2, -0.15) is 0 Å². The molecule has 0 aromatic rings. The summed E-state index contributed by atoms with van der Waals surface area (Å²) in [4.78, 5) is 0. The van der Waals surface area contributed by atoms with Crippen molar-refractivity contribution in [3.8, 4) is 0 Å².